The molecule has 0 unspecified atom stereocenters. The molecule has 4 rings (SSSR count). The van der Waals surface area contributed by atoms with Crippen molar-refractivity contribution in [1.29, 1.82) is 0 Å². The van der Waals surface area contributed by atoms with Gasteiger partial charge in [0.05, 0.1) is 6.61 Å². The van der Waals surface area contributed by atoms with Crippen LogP contribution in [0, 0.1) is 34.9 Å². The van der Waals surface area contributed by atoms with E-state index in [1.54, 1.807) is 6.92 Å². The number of esters is 1. The topological polar surface area (TPSA) is 175 Å². The Labute approximate surface area is 279 Å². The molecule has 2 aliphatic heterocycles. The number of hydrogen-bond acceptors (Lipinski definition) is 8. The molecule has 0 amide bonds. The fourth-order valence-corrected chi connectivity index (χ4v) is 7.69. The maximum atomic E-state index is 13.9. The molecule has 0 aliphatic carbocycles. The second kappa shape index (κ2) is 17.9. The van der Waals surface area contributed by atoms with Crippen LogP contribution in [0.4, 0.5) is 37.7 Å². The average Bonchev–Trinajstić information content (AvgIpc) is 2.88. The Morgan fingerprint density at radius 1 is 0.723 bits per heavy atom. The molecular formula is C25H31F6LiN4O9S2. The predicted octanol–water partition coefficient (Wildman–Crippen LogP) is -0.167. The Balaban J connectivity index is 0.000000849. The quantitative estimate of drug-likeness (QED) is 0.232. The van der Waals surface area contributed by atoms with Gasteiger partial charge in [-0.25, -0.2) is 26.3 Å². The van der Waals surface area contributed by atoms with Crippen LogP contribution < -0.4 is 27.5 Å². The Hall–Kier alpha value is -3.06. The van der Waals surface area contributed by atoms with Crippen molar-refractivity contribution in [2.45, 2.75) is 27.2 Å². The Morgan fingerprint density at radius 2 is 1.06 bits per heavy atom. The molecule has 0 bridgehead atoms. The van der Waals surface area contributed by atoms with Crippen LogP contribution >= 0.6 is 0 Å². The number of hydrogen-bond donors (Lipinski definition) is 1. The minimum Gasteiger partial charge on any atom is -0.870 e. The summed E-state index contributed by atoms with van der Waals surface area (Å²) >= 11 is 0. The molecule has 47 heavy (non-hydrogen) atoms. The largest absolute Gasteiger partial charge is 1.00 e. The van der Waals surface area contributed by atoms with Crippen LogP contribution in [-0.2, 0) is 34.7 Å². The summed E-state index contributed by atoms with van der Waals surface area (Å²) in [6, 6.07) is 1.53. The van der Waals surface area contributed by atoms with E-state index < -0.39 is 91.7 Å². The predicted molar refractivity (Wildman–Crippen MR) is 150 cm³/mol. The van der Waals surface area contributed by atoms with Gasteiger partial charge in [0.15, 0.2) is 23.3 Å². The fraction of sp³-hybridized carbons (Fsp3) is 0.440. The molecule has 22 heteroatoms. The molecule has 2 fully saturated rings. The summed E-state index contributed by atoms with van der Waals surface area (Å²) in [7, 11) is -8.71. The van der Waals surface area contributed by atoms with Crippen molar-refractivity contribution in [3.05, 3.63) is 59.2 Å². The van der Waals surface area contributed by atoms with Crippen molar-refractivity contribution in [2.24, 2.45) is 0 Å². The summed E-state index contributed by atoms with van der Waals surface area (Å²) in [4.78, 5) is 22.1. The first-order valence-electron chi connectivity index (χ1n) is 12.7. The van der Waals surface area contributed by atoms with Crippen LogP contribution in [-0.4, -0.2) is 93.8 Å². The third-order valence-electron chi connectivity index (χ3n) is 6.13. The van der Waals surface area contributed by atoms with Gasteiger partial charge in [0, 0.05) is 50.4 Å². The maximum absolute atomic E-state index is 13.9. The SMILES string of the molecule is C.CCOC(=O)CN1CCCN(c2c(F)cc(F)cc2F)S1(=O)=O.O=C(O)CN1CCCN(c2c(F)cc(F)cc2F)S1(=O)=O.[Li+].[OH-]. The first-order valence-corrected chi connectivity index (χ1v) is 15.5. The van der Waals surface area contributed by atoms with Gasteiger partial charge in [0.1, 0.15) is 36.1 Å². The van der Waals surface area contributed by atoms with Gasteiger partial charge in [-0.05, 0) is 19.8 Å². The average molecular weight is 717 g/mol. The van der Waals surface area contributed by atoms with Gasteiger partial charge in [0.25, 0.3) is 0 Å². The van der Waals surface area contributed by atoms with Gasteiger partial charge in [-0.3, -0.25) is 18.2 Å². The van der Waals surface area contributed by atoms with Gasteiger partial charge in [-0.2, -0.15) is 25.4 Å². The molecule has 0 radical (unpaired) electrons. The Bertz CT molecular complexity index is 1590. The first-order chi connectivity index (χ1) is 20.5. The van der Waals surface area contributed by atoms with Crippen LogP contribution in [0.5, 0.6) is 0 Å². The molecule has 0 saturated carbocycles. The zero-order valence-corrected chi connectivity index (χ0v) is 25.9. The Morgan fingerprint density at radius 3 is 1.38 bits per heavy atom. The summed E-state index contributed by atoms with van der Waals surface area (Å²) in [6.45, 7) is -0.188. The summed E-state index contributed by atoms with van der Waals surface area (Å²) in [5.41, 5.74) is -1.77. The minimum atomic E-state index is -4.39. The molecule has 2 aliphatic rings. The molecule has 2 aromatic carbocycles. The molecule has 260 valence electrons. The van der Waals surface area contributed by atoms with Gasteiger partial charge in [0.2, 0.25) is 0 Å². The number of nitrogens with zero attached hydrogens (tertiary/aromatic N) is 4. The number of carboxylic acids is 1. The standard InChI is InChI=1S/C13H15F3N2O4S.C11H11F3N2O4S.CH4.Li.H2O/c1-2-22-12(19)8-17-4-3-5-18(23(17,20)21)13-10(15)6-9(14)7-11(13)16;12-7-4-8(13)11(9(14)5-7)16-3-1-2-15(6-10(17)18)21(16,19)20;;;/h6-7H,2-5,8H2,1H3;4-5H,1-3,6H2,(H,17,18);1H4;;1H2/q;;;+1;/p-1. The van der Waals surface area contributed by atoms with Crippen LogP contribution in [0.1, 0.15) is 27.2 Å². The monoisotopic (exact) mass is 716 g/mol. The number of carbonyl (C=O) groups is 2. The molecule has 0 atom stereocenters. The molecule has 2 aromatic rings. The number of rotatable bonds is 7. The van der Waals surface area contributed by atoms with Crippen LogP contribution in [0.2, 0.25) is 0 Å². The normalized spacial score (nSPS) is 17.2. The number of benzene rings is 2. The van der Waals surface area contributed by atoms with Crippen LogP contribution in [0.3, 0.4) is 0 Å². The number of carboxylic acid groups (broad SMARTS) is 1. The van der Waals surface area contributed by atoms with E-state index in [0.717, 1.165) is 4.31 Å². The van der Waals surface area contributed by atoms with Crippen molar-refractivity contribution in [1.82, 2.24) is 8.61 Å². The van der Waals surface area contributed by atoms with Gasteiger partial charge in [-0.1, -0.05) is 7.43 Å². The van der Waals surface area contributed by atoms with Crippen molar-refractivity contribution in [3.63, 3.8) is 0 Å². The molecular weight excluding hydrogens is 685 g/mol. The third-order valence-corrected chi connectivity index (χ3v) is 9.90. The summed E-state index contributed by atoms with van der Waals surface area (Å²) in [5, 5.41) is 8.68. The maximum Gasteiger partial charge on any atom is 1.00 e. The van der Waals surface area contributed by atoms with E-state index in [9.17, 15) is 52.8 Å². The summed E-state index contributed by atoms with van der Waals surface area (Å²) in [5.74, 6) is -9.87. The number of anilines is 2. The van der Waals surface area contributed by atoms with E-state index in [2.05, 4.69) is 4.74 Å². The van der Waals surface area contributed by atoms with E-state index in [0.29, 0.717) is 37.2 Å². The molecule has 2 heterocycles. The summed E-state index contributed by atoms with van der Waals surface area (Å²) < 4.78 is 137. The minimum absolute atomic E-state index is 0. The molecule has 0 spiro atoms. The van der Waals surface area contributed by atoms with Gasteiger partial charge in [-0.15, -0.1) is 0 Å². The van der Waals surface area contributed by atoms with Crippen LogP contribution in [0.15, 0.2) is 24.3 Å². The summed E-state index contributed by atoms with van der Waals surface area (Å²) in [6.07, 6.45) is 0.428. The number of ether oxygens (including phenoxy) is 1. The van der Waals surface area contributed by atoms with E-state index in [4.69, 9.17) is 5.11 Å². The van der Waals surface area contributed by atoms with E-state index in [1.165, 1.54) is 0 Å². The first kappa shape index (κ1) is 43.9. The number of carbonyl (C=O) groups excluding carboxylic acids is 1. The van der Waals surface area contributed by atoms with Gasteiger partial charge >= 0.3 is 51.2 Å². The fourth-order valence-electron chi connectivity index (χ4n) is 4.34. The zero-order chi connectivity index (χ0) is 33.0. The molecule has 13 nitrogen and oxygen atoms in total. The zero-order valence-electron chi connectivity index (χ0n) is 24.3. The molecule has 0 aromatic heterocycles. The Kier molecular flexibility index (Phi) is 16.7. The third kappa shape index (κ3) is 10.2. The van der Waals surface area contributed by atoms with E-state index >= 15 is 0 Å². The van der Waals surface area contributed by atoms with E-state index in [-0.39, 0.29) is 77.4 Å². The number of aliphatic carboxylic acids is 1. The smallest absolute Gasteiger partial charge is 0.870 e. The van der Waals surface area contributed by atoms with Gasteiger partial charge < -0.3 is 15.3 Å². The van der Waals surface area contributed by atoms with E-state index in [1.807, 2.05) is 0 Å². The van der Waals surface area contributed by atoms with Crippen molar-refractivity contribution in [2.75, 3.05) is 54.5 Å². The van der Waals surface area contributed by atoms with Crippen LogP contribution in [0.25, 0.3) is 0 Å². The second-order valence-corrected chi connectivity index (χ2v) is 12.9. The van der Waals surface area contributed by atoms with Crippen molar-refractivity contribution >= 4 is 43.7 Å². The molecule has 2 N–H and O–H groups in total. The number of halogens is 6. The molecule has 2 saturated heterocycles. The second-order valence-electron chi connectivity index (χ2n) is 9.17. The van der Waals surface area contributed by atoms with Crippen molar-refractivity contribution < 1.29 is 86.9 Å². The van der Waals surface area contributed by atoms with Crippen molar-refractivity contribution in [3.8, 4) is 0 Å².